The first-order chi connectivity index (χ1) is 17.1. The van der Waals surface area contributed by atoms with E-state index in [1.54, 1.807) is 36.3 Å². The number of methoxy groups -OCH3 is 1. The maximum atomic E-state index is 14.0. The normalized spacial score (nSPS) is 16.7. The Hall–Kier alpha value is -2.53. The first kappa shape index (κ1) is 26.5. The molecule has 8 nitrogen and oxygen atoms in total. The van der Waals surface area contributed by atoms with Crippen LogP contribution in [0.2, 0.25) is 0 Å². The zero-order chi connectivity index (χ0) is 26.0. The van der Waals surface area contributed by atoms with Crippen LogP contribution in [0.1, 0.15) is 30.4 Å². The van der Waals surface area contributed by atoms with Crippen LogP contribution in [0.3, 0.4) is 0 Å². The number of aryl methyl sites for hydroxylation is 2. The van der Waals surface area contributed by atoms with E-state index in [0.717, 1.165) is 34.3 Å². The molecule has 1 amide bonds. The lowest BCUT2D eigenvalue weighted by Gasteiger charge is -2.29. The maximum Gasteiger partial charge on any atom is 0.247 e. The van der Waals surface area contributed by atoms with Crippen LogP contribution in [0.5, 0.6) is 5.75 Å². The average molecular weight is 531 g/mol. The number of rotatable bonds is 9. The highest BCUT2D eigenvalue weighted by Gasteiger charge is 2.42. The highest BCUT2D eigenvalue weighted by atomic mass is 32.2. The summed E-state index contributed by atoms with van der Waals surface area (Å²) in [6.07, 6.45) is 1.86. The average Bonchev–Trinajstić information content (AvgIpc) is 3.51. The van der Waals surface area contributed by atoms with Gasteiger partial charge in [-0.15, -0.1) is 0 Å². The molecule has 0 N–H and O–H groups in total. The molecule has 0 aliphatic carbocycles. The number of carbonyl (C=O) groups is 1. The number of nitrogens with zero attached hydrogens (tertiary/aromatic N) is 4. The van der Waals surface area contributed by atoms with Gasteiger partial charge in [-0.1, -0.05) is 35.1 Å². The minimum atomic E-state index is -3.80. The molecule has 1 aliphatic heterocycles. The molecular formula is C26H34N4O4S2. The lowest BCUT2D eigenvalue weighted by Crippen LogP contribution is -2.48. The summed E-state index contributed by atoms with van der Waals surface area (Å²) in [5.41, 5.74) is 2.76. The van der Waals surface area contributed by atoms with Crippen molar-refractivity contribution in [2.45, 2.75) is 44.0 Å². The van der Waals surface area contributed by atoms with E-state index in [4.69, 9.17) is 9.72 Å². The molecule has 36 heavy (non-hydrogen) atoms. The Labute approximate surface area is 217 Å². The fourth-order valence-electron chi connectivity index (χ4n) is 4.52. The Balaban J connectivity index is 1.70. The minimum Gasteiger partial charge on any atom is -0.494 e. The van der Waals surface area contributed by atoms with Crippen LogP contribution in [0.4, 0.5) is 5.13 Å². The van der Waals surface area contributed by atoms with Crippen molar-refractivity contribution in [1.82, 2.24) is 14.2 Å². The smallest absolute Gasteiger partial charge is 0.247 e. The molecule has 3 aromatic rings. The summed E-state index contributed by atoms with van der Waals surface area (Å²) in [5, 5.41) is 0.570. The monoisotopic (exact) mass is 530 g/mol. The summed E-state index contributed by atoms with van der Waals surface area (Å²) in [6, 6.07) is 9.89. The number of carbonyl (C=O) groups excluding carboxylic acids is 1. The van der Waals surface area contributed by atoms with Gasteiger partial charge in [-0.3, -0.25) is 9.69 Å². The van der Waals surface area contributed by atoms with E-state index in [-0.39, 0.29) is 10.8 Å². The van der Waals surface area contributed by atoms with E-state index in [2.05, 4.69) is 4.90 Å². The molecule has 1 aromatic heterocycles. The number of fused-ring (bicyclic) bond motifs is 1. The minimum absolute atomic E-state index is 0.215. The Morgan fingerprint density at radius 1 is 1.14 bits per heavy atom. The van der Waals surface area contributed by atoms with Gasteiger partial charge in [0, 0.05) is 13.1 Å². The second kappa shape index (κ2) is 10.8. The van der Waals surface area contributed by atoms with Crippen molar-refractivity contribution in [2.24, 2.45) is 0 Å². The van der Waals surface area contributed by atoms with Gasteiger partial charge in [0.25, 0.3) is 0 Å². The van der Waals surface area contributed by atoms with Crippen molar-refractivity contribution in [3.8, 4) is 5.75 Å². The zero-order valence-electron chi connectivity index (χ0n) is 21.5. The Morgan fingerprint density at radius 2 is 1.86 bits per heavy atom. The molecule has 10 heteroatoms. The lowest BCUT2D eigenvalue weighted by molar-refractivity contribution is -0.121. The van der Waals surface area contributed by atoms with E-state index in [1.807, 2.05) is 40.1 Å². The summed E-state index contributed by atoms with van der Waals surface area (Å²) in [4.78, 5) is 22.8. The van der Waals surface area contributed by atoms with Crippen LogP contribution in [0, 0.1) is 13.8 Å². The van der Waals surface area contributed by atoms with Crippen molar-refractivity contribution < 1.29 is 17.9 Å². The summed E-state index contributed by atoms with van der Waals surface area (Å²) >= 11 is 1.45. The lowest BCUT2D eigenvalue weighted by atomic mass is 10.2. The van der Waals surface area contributed by atoms with Gasteiger partial charge in [0.2, 0.25) is 15.9 Å². The quantitative estimate of drug-likeness (QED) is 0.415. The molecule has 1 unspecified atom stereocenters. The van der Waals surface area contributed by atoms with Gasteiger partial charge in [0.15, 0.2) is 5.13 Å². The van der Waals surface area contributed by atoms with Gasteiger partial charge in [-0.05, 0) is 77.5 Å². The van der Waals surface area contributed by atoms with E-state index < -0.39 is 16.1 Å². The molecule has 0 radical (unpaired) electrons. The summed E-state index contributed by atoms with van der Waals surface area (Å²) in [7, 11) is 1.79. The molecule has 0 saturated carbocycles. The van der Waals surface area contributed by atoms with Gasteiger partial charge in [-0.25, -0.2) is 13.4 Å². The molecule has 2 aromatic carbocycles. The number of ether oxygens (including phenoxy) is 1. The topological polar surface area (TPSA) is 83.0 Å². The number of benzene rings is 2. The molecule has 4 rings (SSSR count). The number of sulfonamides is 1. The Bertz CT molecular complexity index is 1340. The summed E-state index contributed by atoms with van der Waals surface area (Å²) in [6.45, 7) is 5.50. The number of hydrogen-bond acceptors (Lipinski definition) is 7. The maximum absolute atomic E-state index is 14.0. The third kappa shape index (κ3) is 5.27. The van der Waals surface area contributed by atoms with Crippen molar-refractivity contribution in [3.63, 3.8) is 0 Å². The molecule has 1 fully saturated rings. The van der Waals surface area contributed by atoms with Crippen LogP contribution in [-0.2, 0) is 14.8 Å². The van der Waals surface area contributed by atoms with E-state index in [1.165, 1.54) is 15.6 Å². The van der Waals surface area contributed by atoms with Crippen LogP contribution in [0.25, 0.3) is 10.2 Å². The fraction of sp³-hybridized carbons (Fsp3) is 0.462. The van der Waals surface area contributed by atoms with Crippen molar-refractivity contribution >= 4 is 42.6 Å². The molecule has 1 saturated heterocycles. The van der Waals surface area contributed by atoms with Gasteiger partial charge >= 0.3 is 0 Å². The second-order valence-electron chi connectivity index (χ2n) is 9.49. The highest BCUT2D eigenvalue weighted by molar-refractivity contribution is 7.89. The molecule has 2 heterocycles. The van der Waals surface area contributed by atoms with E-state index >= 15 is 0 Å². The Kier molecular flexibility index (Phi) is 7.99. The van der Waals surface area contributed by atoms with Gasteiger partial charge < -0.3 is 9.64 Å². The largest absolute Gasteiger partial charge is 0.494 e. The summed E-state index contributed by atoms with van der Waals surface area (Å²) in [5.74, 6) is 0.431. The standard InChI is InChI=1S/C26H34N4O4S2/c1-18-9-12-20(13-10-18)36(32,33)30-17-6-8-21(30)25(31)29(16-7-15-28(3)4)26-27-23-22(34-5)14-11-19(2)24(23)35-26/h9-14,21H,6-8,15-17H2,1-5H3. The van der Waals surface area contributed by atoms with Crippen molar-refractivity contribution in [2.75, 3.05) is 45.7 Å². The first-order valence-corrected chi connectivity index (χ1v) is 14.4. The molecule has 1 aliphatic rings. The molecule has 194 valence electrons. The number of anilines is 1. The van der Waals surface area contributed by atoms with E-state index in [9.17, 15) is 13.2 Å². The van der Waals surface area contributed by atoms with Crippen LogP contribution >= 0.6 is 11.3 Å². The van der Waals surface area contributed by atoms with Crippen LogP contribution < -0.4 is 9.64 Å². The van der Waals surface area contributed by atoms with Crippen LogP contribution in [0.15, 0.2) is 41.3 Å². The Morgan fingerprint density at radius 3 is 2.53 bits per heavy atom. The molecule has 1 atom stereocenters. The number of thiazole rings is 1. The van der Waals surface area contributed by atoms with E-state index in [0.29, 0.717) is 36.8 Å². The van der Waals surface area contributed by atoms with Gasteiger partial charge in [0.05, 0.1) is 16.7 Å². The zero-order valence-corrected chi connectivity index (χ0v) is 23.2. The fourth-order valence-corrected chi connectivity index (χ4v) is 7.26. The number of aromatic nitrogens is 1. The number of amides is 1. The second-order valence-corrected chi connectivity index (χ2v) is 12.4. The molecule has 0 spiro atoms. The van der Waals surface area contributed by atoms with Crippen molar-refractivity contribution in [1.29, 1.82) is 0 Å². The van der Waals surface area contributed by atoms with Crippen molar-refractivity contribution in [3.05, 3.63) is 47.5 Å². The van der Waals surface area contributed by atoms with Gasteiger partial charge in [-0.2, -0.15) is 4.31 Å². The SMILES string of the molecule is COc1ccc(C)c2sc(N(CCCN(C)C)C(=O)C3CCCN3S(=O)(=O)c3ccc(C)cc3)nc12. The highest BCUT2D eigenvalue weighted by Crippen LogP contribution is 2.37. The first-order valence-electron chi connectivity index (χ1n) is 12.1. The van der Waals surface area contributed by atoms with Crippen LogP contribution in [-0.4, -0.2) is 75.4 Å². The molecular weight excluding hydrogens is 496 g/mol. The molecule has 0 bridgehead atoms. The van der Waals surface area contributed by atoms with Gasteiger partial charge in [0.1, 0.15) is 17.3 Å². The predicted molar refractivity (Wildman–Crippen MR) is 145 cm³/mol. The predicted octanol–water partition coefficient (Wildman–Crippen LogP) is 4.06. The number of hydrogen-bond donors (Lipinski definition) is 0. The summed E-state index contributed by atoms with van der Waals surface area (Å²) < 4.78 is 34.9. The third-order valence-electron chi connectivity index (χ3n) is 6.51. The third-order valence-corrected chi connectivity index (χ3v) is 9.65.